The molecule has 3 aromatic carbocycles. The van der Waals surface area contributed by atoms with E-state index in [1.807, 2.05) is 62.4 Å². The highest BCUT2D eigenvalue weighted by Crippen LogP contribution is 2.39. The van der Waals surface area contributed by atoms with Gasteiger partial charge in [0, 0.05) is 11.3 Å². The maximum atomic E-state index is 14.1. The molecular formula is C27H23FN4O2S. The minimum Gasteiger partial charge on any atom is -0.497 e. The van der Waals surface area contributed by atoms with Gasteiger partial charge in [-0.15, -0.1) is 0 Å². The zero-order valence-electron chi connectivity index (χ0n) is 19.4. The molecule has 1 aliphatic rings. The highest BCUT2D eigenvalue weighted by molar-refractivity contribution is 7.80. The molecule has 0 amide bonds. The number of nitrogens with one attached hydrogen (secondary N) is 1. The third-order valence-electron chi connectivity index (χ3n) is 5.95. The van der Waals surface area contributed by atoms with E-state index in [-0.39, 0.29) is 11.9 Å². The Balaban J connectivity index is 1.65. The SMILES string of the molecule is COc1cccc(-c2noc(C3=C(C)N(c4cccc(F)c4)C(=S)NC3c3ccc(C)cc3)n2)c1. The van der Waals surface area contributed by atoms with Crippen molar-refractivity contribution in [1.29, 1.82) is 0 Å². The molecule has 1 unspecified atom stereocenters. The summed E-state index contributed by atoms with van der Waals surface area (Å²) in [5, 5.41) is 8.08. The fraction of sp³-hybridized carbons (Fsp3) is 0.148. The Bertz CT molecular complexity index is 1430. The number of nitrogens with zero attached hydrogens (tertiary/aromatic N) is 3. The summed E-state index contributed by atoms with van der Waals surface area (Å²) in [6.07, 6.45) is 0. The number of hydrogen-bond acceptors (Lipinski definition) is 5. The summed E-state index contributed by atoms with van der Waals surface area (Å²) in [5.74, 6) is 1.14. The molecule has 0 bridgehead atoms. The van der Waals surface area contributed by atoms with Crippen molar-refractivity contribution in [2.24, 2.45) is 0 Å². The molecule has 0 saturated heterocycles. The minimum absolute atomic E-state index is 0.327. The van der Waals surface area contributed by atoms with Gasteiger partial charge in [-0.3, -0.25) is 4.90 Å². The van der Waals surface area contributed by atoms with Crippen molar-refractivity contribution < 1.29 is 13.7 Å². The van der Waals surface area contributed by atoms with Crippen molar-refractivity contribution in [2.45, 2.75) is 19.9 Å². The Morgan fingerprint density at radius 2 is 1.80 bits per heavy atom. The van der Waals surface area contributed by atoms with Crippen LogP contribution in [0.5, 0.6) is 5.75 Å². The number of thiocarbonyl (C=S) groups is 1. The van der Waals surface area contributed by atoms with Gasteiger partial charge < -0.3 is 14.6 Å². The minimum atomic E-state index is -0.349. The van der Waals surface area contributed by atoms with Crippen LogP contribution in [0.4, 0.5) is 10.1 Å². The van der Waals surface area contributed by atoms with Crippen LogP contribution in [0, 0.1) is 12.7 Å². The number of anilines is 1. The second kappa shape index (κ2) is 9.31. The van der Waals surface area contributed by atoms with Gasteiger partial charge in [0.2, 0.25) is 5.82 Å². The number of aryl methyl sites for hydroxylation is 1. The molecule has 4 aromatic rings. The summed E-state index contributed by atoms with van der Waals surface area (Å²) in [5.41, 5.74) is 5.04. The van der Waals surface area contributed by atoms with Crippen LogP contribution in [-0.4, -0.2) is 22.4 Å². The topological polar surface area (TPSA) is 63.4 Å². The van der Waals surface area contributed by atoms with Crippen LogP contribution in [0.3, 0.4) is 0 Å². The number of allylic oxidation sites excluding steroid dienone is 1. The maximum Gasteiger partial charge on any atom is 0.258 e. The number of ether oxygens (including phenoxy) is 1. The molecular weight excluding hydrogens is 463 g/mol. The number of halogens is 1. The molecule has 0 fully saturated rings. The van der Waals surface area contributed by atoms with Crippen molar-refractivity contribution in [1.82, 2.24) is 15.5 Å². The zero-order valence-corrected chi connectivity index (χ0v) is 20.3. The van der Waals surface area contributed by atoms with E-state index < -0.39 is 0 Å². The van der Waals surface area contributed by atoms with Crippen LogP contribution in [0.15, 0.2) is 83.0 Å². The summed E-state index contributed by atoms with van der Waals surface area (Å²) in [6, 6.07) is 21.6. The largest absolute Gasteiger partial charge is 0.497 e. The first-order valence-electron chi connectivity index (χ1n) is 11.1. The summed E-state index contributed by atoms with van der Waals surface area (Å²) in [7, 11) is 1.61. The lowest BCUT2D eigenvalue weighted by Gasteiger charge is -2.37. The number of methoxy groups -OCH3 is 1. The van der Waals surface area contributed by atoms with E-state index in [0.29, 0.717) is 28.3 Å². The monoisotopic (exact) mass is 486 g/mol. The van der Waals surface area contributed by atoms with Crippen molar-refractivity contribution in [2.75, 3.05) is 12.0 Å². The van der Waals surface area contributed by atoms with Crippen LogP contribution in [0.2, 0.25) is 0 Å². The third-order valence-corrected chi connectivity index (χ3v) is 6.25. The number of hydrogen-bond donors (Lipinski definition) is 1. The molecule has 1 aliphatic heterocycles. The van der Waals surface area contributed by atoms with Crippen molar-refractivity contribution in [3.63, 3.8) is 0 Å². The Morgan fingerprint density at radius 3 is 2.54 bits per heavy atom. The highest BCUT2D eigenvalue weighted by atomic mass is 32.1. The lowest BCUT2D eigenvalue weighted by molar-refractivity contribution is 0.403. The quantitative estimate of drug-likeness (QED) is 0.344. The fourth-order valence-electron chi connectivity index (χ4n) is 4.17. The van der Waals surface area contributed by atoms with Crippen molar-refractivity contribution >= 4 is 28.6 Å². The van der Waals surface area contributed by atoms with Crippen LogP contribution in [-0.2, 0) is 0 Å². The Labute approximate surface area is 208 Å². The average molecular weight is 487 g/mol. The van der Waals surface area contributed by atoms with E-state index in [0.717, 1.165) is 28.0 Å². The van der Waals surface area contributed by atoms with Crippen LogP contribution < -0.4 is 15.0 Å². The second-order valence-corrected chi connectivity index (χ2v) is 8.65. The van der Waals surface area contributed by atoms with Crippen LogP contribution in [0.1, 0.15) is 30.0 Å². The predicted molar refractivity (Wildman–Crippen MR) is 137 cm³/mol. The highest BCUT2D eigenvalue weighted by Gasteiger charge is 2.34. The van der Waals surface area contributed by atoms with Crippen molar-refractivity contribution in [3.05, 3.63) is 101 Å². The number of rotatable bonds is 5. The van der Waals surface area contributed by atoms with Gasteiger partial charge in [0.15, 0.2) is 5.11 Å². The van der Waals surface area contributed by atoms with E-state index >= 15 is 0 Å². The van der Waals surface area contributed by atoms with E-state index in [1.165, 1.54) is 12.1 Å². The van der Waals surface area contributed by atoms with E-state index in [2.05, 4.69) is 10.5 Å². The summed E-state index contributed by atoms with van der Waals surface area (Å²) >= 11 is 5.72. The van der Waals surface area contributed by atoms with Gasteiger partial charge in [0.05, 0.1) is 24.4 Å². The number of benzene rings is 3. The molecule has 8 heteroatoms. The predicted octanol–water partition coefficient (Wildman–Crippen LogP) is 6.06. The van der Waals surface area contributed by atoms with Gasteiger partial charge in [-0.1, -0.05) is 53.2 Å². The fourth-order valence-corrected chi connectivity index (χ4v) is 4.53. The lowest BCUT2D eigenvalue weighted by atomic mass is 9.94. The average Bonchev–Trinajstić information content (AvgIpc) is 3.34. The van der Waals surface area contributed by atoms with Gasteiger partial charge in [-0.25, -0.2) is 4.39 Å². The number of aromatic nitrogens is 2. The first-order chi connectivity index (χ1) is 16.9. The molecule has 176 valence electrons. The van der Waals surface area contributed by atoms with E-state index in [4.69, 9.17) is 26.5 Å². The van der Waals surface area contributed by atoms with E-state index in [1.54, 1.807) is 24.1 Å². The summed E-state index contributed by atoms with van der Waals surface area (Å²) < 4.78 is 25.2. The first kappa shape index (κ1) is 22.7. The third kappa shape index (κ3) is 4.40. The zero-order chi connectivity index (χ0) is 24.5. The lowest BCUT2D eigenvalue weighted by Crippen LogP contribution is -2.46. The van der Waals surface area contributed by atoms with Crippen molar-refractivity contribution in [3.8, 4) is 17.1 Å². The Morgan fingerprint density at radius 1 is 1.03 bits per heavy atom. The molecule has 0 saturated carbocycles. The molecule has 1 atom stereocenters. The van der Waals surface area contributed by atoms with E-state index in [9.17, 15) is 4.39 Å². The summed E-state index contributed by atoms with van der Waals surface area (Å²) in [6.45, 7) is 3.96. The molecule has 0 aliphatic carbocycles. The molecule has 1 N–H and O–H groups in total. The smallest absolute Gasteiger partial charge is 0.258 e. The molecule has 2 heterocycles. The molecule has 1 aromatic heterocycles. The van der Waals surface area contributed by atoms with Gasteiger partial charge in [0.1, 0.15) is 11.6 Å². The molecule has 6 nitrogen and oxygen atoms in total. The van der Waals surface area contributed by atoms with Gasteiger partial charge in [0.25, 0.3) is 5.89 Å². The standard InChI is InChI=1S/C27H23FN4O2S/c1-16-10-12-18(13-11-16)24-23(17(2)32(27(35)29-24)21-8-5-7-20(28)15-21)26-30-25(31-34-26)19-6-4-9-22(14-19)33-3/h4-15,24H,1-3H3,(H,29,35). The molecule has 0 spiro atoms. The van der Waals surface area contributed by atoms with Gasteiger partial charge in [-0.2, -0.15) is 4.98 Å². The van der Waals surface area contributed by atoms with Gasteiger partial charge in [-0.05, 0) is 62.0 Å². The molecule has 0 radical (unpaired) electrons. The second-order valence-electron chi connectivity index (χ2n) is 8.26. The summed E-state index contributed by atoms with van der Waals surface area (Å²) in [4.78, 5) is 6.50. The normalized spacial score (nSPS) is 15.8. The maximum absolute atomic E-state index is 14.1. The molecule has 5 rings (SSSR count). The first-order valence-corrected chi connectivity index (χ1v) is 11.5. The Hall–Kier alpha value is -4.04. The van der Waals surface area contributed by atoms with Gasteiger partial charge >= 0.3 is 0 Å². The van der Waals surface area contributed by atoms with Crippen LogP contribution in [0.25, 0.3) is 17.0 Å². The van der Waals surface area contributed by atoms with Crippen LogP contribution >= 0.6 is 12.2 Å². The molecule has 35 heavy (non-hydrogen) atoms. The Kier molecular flexibility index (Phi) is 6.05.